The Morgan fingerprint density at radius 1 is 1.50 bits per heavy atom. The van der Waals surface area contributed by atoms with Crippen molar-refractivity contribution in [3.8, 4) is 11.8 Å². The fraction of sp³-hybridized carbons (Fsp3) is 0.500. The van der Waals surface area contributed by atoms with E-state index in [1.807, 2.05) is 18.2 Å². The van der Waals surface area contributed by atoms with Crippen molar-refractivity contribution in [3.63, 3.8) is 0 Å². The number of methoxy groups -OCH3 is 1. The topological polar surface area (TPSA) is 48.3 Å². The van der Waals surface area contributed by atoms with E-state index in [1.54, 1.807) is 7.11 Å². The Labute approximate surface area is 108 Å². The molecule has 4 nitrogen and oxygen atoms in total. The molecule has 1 saturated heterocycles. The van der Waals surface area contributed by atoms with Gasteiger partial charge < -0.3 is 15.0 Å². The lowest BCUT2D eigenvalue weighted by atomic mass is 10.0. The van der Waals surface area contributed by atoms with Crippen LogP contribution in [0, 0.1) is 11.3 Å². The highest BCUT2D eigenvalue weighted by Gasteiger charge is 2.27. The Bertz CT molecular complexity index is 441. The summed E-state index contributed by atoms with van der Waals surface area (Å²) >= 11 is 0. The number of ether oxygens (including phenoxy) is 1. The molecule has 0 bridgehead atoms. The van der Waals surface area contributed by atoms with Gasteiger partial charge in [-0.25, -0.2) is 0 Å². The summed E-state index contributed by atoms with van der Waals surface area (Å²) in [6.45, 7) is 3.98. The number of nitrogens with zero attached hydrogens (tertiary/aromatic N) is 2. The minimum Gasteiger partial charge on any atom is -0.497 e. The maximum Gasteiger partial charge on any atom is 0.120 e. The van der Waals surface area contributed by atoms with Crippen molar-refractivity contribution in [1.82, 2.24) is 5.32 Å². The van der Waals surface area contributed by atoms with Gasteiger partial charge in [-0.1, -0.05) is 6.07 Å². The van der Waals surface area contributed by atoms with Gasteiger partial charge in [-0.05, 0) is 19.1 Å². The molecule has 2 unspecified atom stereocenters. The molecule has 1 heterocycles. The third-order valence-electron chi connectivity index (χ3n) is 3.37. The maximum atomic E-state index is 8.94. The molecule has 1 aromatic carbocycles. The van der Waals surface area contributed by atoms with Gasteiger partial charge in [0, 0.05) is 30.9 Å². The molecule has 4 heteroatoms. The number of nitrogens with one attached hydrogen (secondary N) is 1. The fourth-order valence-corrected chi connectivity index (χ4v) is 2.53. The van der Waals surface area contributed by atoms with Crippen molar-refractivity contribution in [2.75, 3.05) is 25.1 Å². The Kier molecular flexibility index (Phi) is 4.06. The van der Waals surface area contributed by atoms with Crippen LogP contribution < -0.4 is 15.0 Å². The molecule has 0 aliphatic carbocycles. The van der Waals surface area contributed by atoms with E-state index in [0.717, 1.165) is 24.5 Å². The summed E-state index contributed by atoms with van der Waals surface area (Å²) in [5.74, 6) is 0.856. The molecule has 0 amide bonds. The van der Waals surface area contributed by atoms with E-state index in [9.17, 15) is 0 Å². The van der Waals surface area contributed by atoms with E-state index in [-0.39, 0.29) is 6.04 Å². The first kappa shape index (κ1) is 12.7. The summed E-state index contributed by atoms with van der Waals surface area (Å²) < 4.78 is 5.27. The maximum absolute atomic E-state index is 8.94. The lowest BCUT2D eigenvalue weighted by Gasteiger charge is -2.42. The smallest absolute Gasteiger partial charge is 0.120 e. The molecule has 1 aromatic rings. The van der Waals surface area contributed by atoms with Crippen LogP contribution in [0.1, 0.15) is 13.3 Å². The van der Waals surface area contributed by atoms with Crippen molar-refractivity contribution >= 4 is 5.69 Å². The second kappa shape index (κ2) is 5.74. The van der Waals surface area contributed by atoms with Crippen molar-refractivity contribution in [2.24, 2.45) is 0 Å². The number of hydrogen-bond donors (Lipinski definition) is 1. The highest BCUT2D eigenvalue weighted by Crippen LogP contribution is 2.26. The zero-order valence-corrected chi connectivity index (χ0v) is 10.9. The van der Waals surface area contributed by atoms with Crippen molar-refractivity contribution < 1.29 is 4.74 Å². The molecule has 1 fully saturated rings. The van der Waals surface area contributed by atoms with Crippen molar-refractivity contribution in [3.05, 3.63) is 24.3 Å². The number of rotatable bonds is 3. The molecule has 0 spiro atoms. The molecule has 0 saturated carbocycles. The predicted octanol–water partition coefficient (Wildman–Crippen LogP) is 1.78. The molecule has 1 aliphatic rings. The minimum absolute atomic E-state index is 0.228. The number of nitriles is 1. The lowest BCUT2D eigenvalue weighted by molar-refractivity contribution is 0.407. The Hall–Kier alpha value is -1.73. The molecule has 2 atom stereocenters. The summed E-state index contributed by atoms with van der Waals surface area (Å²) in [6.07, 6.45) is 0.536. The standard InChI is InChI=1S/C14H19N3O/c1-11-9-16-10-13(6-7-15)17(11)12-4-3-5-14(8-12)18-2/h3-5,8,11,13,16H,6,9-10H2,1-2H3. The minimum atomic E-state index is 0.228. The number of anilines is 1. The van der Waals surface area contributed by atoms with E-state index in [4.69, 9.17) is 10.00 Å². The van der Waals surface area contributed by atoms with Crippen LogP contribution >= 0.6 is 0 Å². The van der Waals surface area contributed by atoms with E-state index in [1.165, 1.54) is 0 Å². The van der Waals surface area contributed by atoms with E-state index in [0.29, 0.717) is 12.5 Å². The average molecular weight is 245 g/mol. The van der Waals surface area contributed by atoms with E-state index in [2.05, 4.69) is 29.3 Å². The third kappa shape index (κ3) is 2.57. The van der Waals surface area contributed by atoms with E-state index < -0.39 is 0 Å². The van der Waals surface area contributed by atoms with Gasteiger partial charge in [-0.3, -0.25) is 0 Å². The highest BCUT2D eigenvalue weighted by molar-refractivity contribution is 5.53. The van der Waals surface area contributed by atoms with Crippen LogP contribution in [0.25, 0.3) is 0 Å². The van der Waals surface area contributed by atoms with E-state index >= 15 is 0 Å². The van der Waals surface area contributed by atoms with Crippen LogP contribution in [0.3, 0.4) is 0 Å². The summed E-state index contributed by atoms with van der Waals surface area (Å²) in [5, 5.41) is 12.3. The van der Waals surface area contributed by atoms with Gasteiger partial charge in [0.1, 0.15) is 5.75 Å². The molecule has 0 radical (unpaired) electrons. The SMILES string of the molecule is COc1cccc(N2C(C)CNCC2CC#N)c1. The zero-order chi connectivity index (χ0) is 13.0. The van der Waals surface area contributed by atoms with Gasteiger partial charge in [-0.15, -0.1) is 0 Å². The molecule has 1 N–H and O–H groups in total. The van der Waals surface area contributed by atoms with Gasteiger partial charge >= 0.3 is 0 Å². The van der Waals surface area contributed by atoms with Gasteiger partial charge in [0.15, 0.2) is 0 Å². The predicted molar refractivity (Wildman–Crippen MR) is 71.8 cm³/mol. The fourth-order valence-electron chi connectivity index (χ4n) is 2.53. The zero-order valence-electron chi connectivity index (χ0n) is 10.9. The largest absolute Gasteiger partial charge is 0.497 e. The van der Waals surface area contributed by atoms with Crippen LogP contribution in [0.15, 0.2) is 24.3 Å². The van der Waals surface area contributed by atoms with Crippen LogP contribution in [0.4, 0.5) is 5.69 Å². The molecular formula is C14H19N3O. The van der Waals surface area contributed by atoms with Gasteiger partial charge in [0.05, 0.1) is 25.6 Å². The molecule has 96 valence electrons. The van der Waals surface area contributed by atoms with Gasteiger partial charge in [0.25, 0.3) is 0 Å². The van der Waals surface area contributed by atoms with Crippen molar-refractivity contribution in [1.29, 1.82) is 5.26 Å². The summed E-state index contributed by atoms with van der Waals surface area (Å²) in [5.41, 5.74) is 1.13. The normalized spacial score (nSPS) is 23.5. The van der Waals surface area contributed by atoms with Crippen LogP contribution in [0.2, 0.25) is 0 Å². The molecule has 1 aliphatic heterocycles. The first-order valence-corrected chi connectivity index (χ1v) is 6.26. The number of hydrogen-bond acceptors (Lipinski definition) is 4. The first-order valence-electron chi connectivity index (χ1n) is 6.26. The summed E-state index contributed by atoms with van der Waals surface area (Å²) in [6, 6.07) is 10.9. The molecule has 18 heavy (non-hydrogen) atoms. The van der Waals surface area contributed by atoms with Gasteiger partial charge in [-0.2, -0.15) is 5.26 Å². The highest BCUT2D eigenvalue weighted by atomic mass is 16.5. The van der Waals surface area contributed by atoms with Crippen LogP contribution in [0.5, 0.6) is 5.75 Å². The average Bonchev–Trinajstić information content (AvgIpc) is 2.39. The number of piperazine rings is 1. The quantitative estimate of drug-likeness (QED) is 0.881. The first-order chi connectivity index (χ1) is 8.76. The molecule has 2 rings (SSSR count). The van der Waals surface area contributed by atoms with Crippen molar-refractivity contribution in [2.45, 2.75) is 25.4 Å². The van der Waals surface area contributed by atoms with Crippen LogP contribution in [-0.2, 0) is 0 Å². The number of benzene rings is 1. The molecular weight excluding hydrogens is 226 g/mol. The van der Waals surface area contributed by atoms with Gasteiger partial charge in [0.2, 0.25) is 0 Å². The summed E-state index contributed by atoms with van der Waals surface area (Å²) in [7, 11) is 1.67. The lowest BCUT2D eigenvalue weighted by Crippen LogP contribution is -2.56. The summed E-state index contributed by atoms with van der Waals surface area (Å²) in [4.78, 5) is 2.32. The second-order valence-electron chi connectivity index (χ2n) is 4.63. The Morgan fingerprint density at radius 2 is 2.33 bits per heavy atom. The third-order valence-corrected chi connectivity index (χ3v) is 3.37. The monoisotopic (exact) mass is 245 g/mol. The Balaban J connectivity index is 2.28. The van der Waals surface area contributed by atoms with Crippen LogP contribution in [-0.4, -0.2) is 32.3 Å². The Morgan fingerprint density at radius 3 is 3.06 bits per heavy atom. The molecule has 0 aromatic heterocycles. The second-order valence-corrected chi connectivity index (χ2v) is 4.63.